The Bertz CT molecular complexity index is 1030. The molecule has 5 nitrogen and oxygen atoms in total. The second-order valence-electron chi connectivity index (χ2n) is 5.33. The first-order valence-corrected chi connectivity index (χ1v) is 7.11. The van der Waals surface area contributed by atoms with Crippen LogP contribution in [0.2, 0.25) is 0 Å². The van der Waals surface area contributed by atoms with Crippen LogP contribution in [0, 0.1) is 6.92 Å². The third kappa shape index (κ3) is 1.83. The fraction of sp³-hybridized carbons (Fsp3) is 0.118. The SMILES string of the molecule is Cc1n[nH]c2c1c(=O)n(Cc1cccnc1)c1ccccc21. The second kappa shape index (κ2) is 4.80. The Hall–Kier alpha value is -2.95. The molecule has 3 aromatic heterocycles. The van der Waals surface area contributed by atoms with Crippen LogP contribution in [0.25, 0.3) is 21.8 Å². The number of hydrogen-bond acceptors (Lipinski definition) is 3. The molecule has 1 N–H and O–H groups in total. The number of nitrogens with zero attached hydrogens (tertiary/aromatic N) is 3. The molecule has 0 atom stereocenters. The number of aromatic amines is 1. The van der Waals surface area contributed by atoms with Crippen molar-refractivity contribution in [3.8, 4) is 0 Å². The summed E-state index contributed by atoms with van der Waals surface area (Å²) in [5.74, 6) is 0. The monoisotopic (exact) mass is 290 g/mol. The predicted molar refractivity (Wildman–Crippen MR) is 85.9 cm³/mol. The highest BCUT2D eigenvalue weighted by molar-refractivity contribution is 6.03. The molecule has 0 bridgehead atoms. The molecule has 108 valence electrons. The number of H-pyrrole nitrogens is 1. The molecule has 0 spiro atoms. The van der Waals surface area contributed by atoms with Crippen LogP contribution in [-0.2, 0) is 6.54 Å². The Labute approximate surface area is 126 Å². The minimum absolute atomic E-state index is 0.0243. The molecule has 0 aliphatic carbocycles. The molecule has 4 rings (SSSR count). The molecule has 3 heterocycles. The average molecular weight is 290 g/mol. The summed E-state index contributed by atoms with van der Waals surface area (Å²) in [6.45, 7) is 2.34. The quantitative estimate of drug-likeness (QED) is 0.617. The third-order valence-corrected chi connectivity index (χ3v) is 3.93. The molecule has 0 aliphatic rings. The summed E-state index contributed by atoms with van der Waals surface area (Å²) in [5, 5.41) is 8.85. The van der Waals surface area contributed by atoms with Gasteiger partial charge in [0.1, 0.15) is 0 Å². The summed E-state index contributed by atoms with van der Waals surface area (Å²) >= 11 is 0. The number of nitrogens with one attached hydrogen (secondary N) is 1. The van der Waals surface area contributed by atoms with E-state index < -0.39 is 0 Å². The highest BCUT2D eigenvalue weighted by Gasteiger charge is 2.14. The summed E-state index contributed by atoms with van der Waals surface area (Å²) in [6, 6.07) is 11.7. The number of rotatable bonds is 2. The molecule has 0 saturated heterocycles. The van der Waals surface area contributed by atoms with Crippen molar-refractivity contribution in [2.45, 2.75) is 13.5 Å². The van der Waals surface area contributed by atoms with E-state index in [0.717, 1.165) is 27.7 Å². The highest BCUT2D eigenvalue weighted by Crippen LogP contribution is 2.22. The normalized spacial score (nSPS) is 11.3. The number of aromatic nitrogens is 4. The van der Waals surface area contributed by atoms with Crippen molar-refractivity contribution < 1.29 is 0 Å². The second-order valence-corrected chi connectivity index (χ2v) is 5.33. The molecule has 5 heteroatoms. The van der Waals surface area contributed by atoms with Crippen LogP contribution < -0.4 is 5.56 Å². The van der Waals surface area contributed by atoms with E-state index in [-0.39, 0.29) is 5.56 Å². The molecule has 4 aromatic rings. The summed E-state index contributed by atoms with van der Waals surface area (Å²) < 4.78 is 1.79. The van der Waals surface area contributed by atoms with Crippen LogP contribution in [-0.4, -0.2) is 19.7 Å². The van der Waals surface area contributed by atoms with Crippen LogP contribution in [0.4, 0.5) is 0 Å². The van der Waals surface area contributed by atoms with E-state index in [1.54, 1.807) is 17.0 Å². The maximum Gasteiger partial charge on any atom is 0.262 e. The van der Waals surface area contributed by atoms with Crippen LogP contribution in [0.5, 0.6) is 0 Å². The van der Waals surface area contributed by atoms with Gasteiger partial charge in [-0.25, -0.2) is 0 Å². The zero-order chi connectivity index (χ0) is 15.1. The topological polar surface area (TPSA) is 63.6 Å². The van der Waals surface area contributed by atoms with E-state index in [9.17, 15) is 4.79 Å². The third-order valence-electron chi connectivity index (χ3n) is 3.93. The van der Waals surface area contributed by atoms with E-state index in [0.29, 0.717) is 11.9 Å². The van der Waals surface area contributed by atoms with Gasteiger partial charge in [0.2, 0.25) is 0 Å². The number of para-hydroxylation sites is 1. The standard InChI is InChI=1S/C17H14N4O/c1-11-15-16(20-19-11)13-6-2-3-7-14(13)21(17(15)22)10-12-5-4-8-18-9-12/h2-9H,10H2,1H3,(H,19,20). The molecule has 1 aromatic carbocycles. The zero-order valence-corrected chi connectivity index (χ0v) is 12.1. The van der Waals surface area contributed by atoms with Crippen LogP contribution in [0.1, 0.15) is 11.3 Å². The Kier molecular flexibility index (Phi) is 2.79. The van der Waals surface area contributed by atoms with E-state index in [4.69, 9.17) is 0 Å². The first kappa shape index (κ1) is 12.8. The lowest BCUT2D eigenvalue weighted by molar-refractivity contribution is 0.798. The number of benzene rings is 1. The Morgan fingerprint density at radius 2 is 2.05 bits per heavy atom. The van der Waals surface area contributed by atoms with Crippen LogP contribution in [0.15, 0.2) is 53.6 Å². The lowest BCUT2D eigenvalue weighted by atomic mass is 10.1. The first-order valence-electron chi connectivity index (χ1n) is 7.11. The number of hydrogen-bond donors (Lipinski definition) is 1. The van der Waals surface area contributed by atoms with Crippen molar-refractivity contribution in [2.24, 2.45) is 0 Å². The van der Waals surface area contributed by atoms with Crippen molar-refractivity contribution in [3.63, 3.8) is 0 Å². The van der Waals surface area contributed by atoms with E-state index in [1.807, 2.05) is 43.3 Å². The molecule has 0 aliphatic heterocycles. The Balaban J connectivity index is 2.09. The molecular weight excluding hydrogens is 276 g/mol. The van der Waals surface area contributed by atoms with Gasteiger partial charge in [-0.15, -0.1) is 0 Å². The fourth-order valence-corrected chi connectivity index (χ4v) is 2.89. The highest BCUT2D eigenvalue weighted by atomic mass is 16.1. The van der Waals surface area contributed by atoms with Gasteiger partial charge in [-0.2, -0.15) is 5.10 Å². The minimum Gasteiger partial charge on any atom is -0.303 e. The maximum absolute atomic E-state index is 12.9. The lowest BCUT2D eigenvalue weighted by Crippen LogP contribution is -2.21. The zero-order valence-electron chi connectivity index (χ0n) is 12.1. The first-order chi connectivity index (χ1) is 10.8. The van der Waals surface area contributed by atoms with Crippen molar-refractivity contribution in [3.05, 3.63) is 70.4 Å². The maximum atomic E-state index is 12.9. The number of aryl methyl sites for hydroxylation is 1. The largest absolute Gasteiger partial charge is 0.303 e. The van der Waals surface area contributed by atoms with Gasteiger partial charge in [0.05, 0.1) is 28.7 Å². The van der Waals surface area contributed by atoms with Gasteiger partial charge in [0.25, 0.3) is 5.56 Å². The van der Waals surface area contributed by atoms with Gasteiger partial charge in [-0.3, -0.25) is 14.9 Å². The van der Waals surface area contributed by atoms with E-state index in [1.165, 1.54) is 0 Å². The minimum atomic E-state index is -0.0243. The summed E-state index contributed by atoms with van der Waals surface area (Å²) in [6.07, 6.45) is 3.52. The van der Waals surface area contributed by atoms with E-state index in [2.05, 4.69) is 15.2 Å². The average Bonchev–Trinajstić information content (AvgIpc) is 2.95. The van der Waals surface area contributed by atoms with Gasteiger partial charge in [-0.1, -0.05) is 24.3 Å². The molecule has 0 fully saturated rings. The molecular formula is C17H14N4O. The molecule has 0 amide bonds. The van der Waals surface area contributed by atoms with Crippen molar-refractivity contribution >= 4 is 21.8 Å². The number of pyridine rings is 2. The summed E-state index contributed by atoms with van der Waals surface area (Å²) in [5.41, 5.74) is 3.40. The molecule has 0 radical (unpaired) electrons. The fourth-order valence-electron chi connectivity index (χ4n) is 2.89. The van der Waals surface area contributed by atoms with Crippen LogP contribution in [0.3, 0.4) is 0 Å². The van der Waals surface area contributed by atoms with Crippen molar-refractivity contribution in [1.82, 2.24) is 19.7 Å². The number of fused-ring (bicyclic) bond motifs is 3. The van der Waals surface area contributed by atoms with Crippen molar-refractivity contribution in [2.75, 3.05) is 0 Å². The molecule has 22 heavy (non-hydrogen) atoms. The van der Waals surface area contributed by atoms with Crippen molar-refractivity contribution in [1.29, 1.82) is 0 Å². The van der Waals surface area contributed by atoms with Gasteiger partial charge in [0, 0.05) is 17.8 Å². The Morgan fingerprint density at radius 1 is 1.18 bits per heavy atom. The smallest absolute Gasteiger partial charge is 0.262 e. The lowest BCUT2D eigenvalue weighted by Gasteiger charge is -2.11. The Morgan fingerprint density at radius 3 is 2.86 bits per heavy atom. The molecule has 0 saturated carbocycles. The summed E-state index contributed by atoms with van der Waals surface area (Å²) in [4.78, 5) is 17.0. The van der Waals surface area contributed by atoms with Gasteiger partial charge in [0.15, 0.2) is 0 Å². The van der Waals surface area contributed by atoms with Gasteiger partial charge < -0.3 is 4.57 Å². The van der Waals surface area contributed by atoms with Gasteiger partial charge in [-0.05, 0) is 24.6 Å². The predicted octanol–water partition coefficient (Wildman–Crippen LogP) is 2.63. The molecule has 0 unspecified atom stereocenters. The van der Waals surface area contributed by atoms with Gasteiger partial charge >= 0.3 is 0 Å². The van der Waals surface area contributed by atoms with E-state index >= 15 is 0 Å². The summed E-state index contributed by atoms with van der Waals surface area (Å²) in [7, 11) is 0. The van der Waals surface area contributed by atoms with Crippen LogP contribution >= 0.6 is 0 Å².